The summed E-state index contributed by atoms with van der Waals surface area (Å²) in [4.78, 5) is 12.1. The van der Waals surface area contributed by atoms with Crippen LogP contribution in [-0.4, -0.2) is 12.6 Å². The van der Waals surface area contributed by atoms with Gasteiger partial charge in [-0.3, -0.25) is 0 Å². The number of ether oxygens (including phenoxy) is 1. The molecule has 2 heteroatoms. The number of hydrogen-bond donors (Lipinski definition) is 0. The number of benzene rings is 1. The quantitative estimate of drug-likeness (QED) is 0.587. The predicted octanol–water partition coefficient (Wildman–Crippen LogP) is 4.85. The standard InChI is InChI=1S/C21H26O2/c22-20(7-6-16-4-2-1-3-5-16)23-15-21-9-8-17-10-18(13-21)12-19(11-17)14-21/h1-7,17-19H,8-15H2/b7-6+/t17?,18-,19-,21?/m1/s1. The largest absolute Gasteiger partial charge is 0.462 e. The van der Waals surface area contributed by atoms with Gasteiger partial charge in [0.1, 0.15) is 0 Å². The van der Waals surface area contributed by atoms with E-state index in [2.05, 4.69) is 0 Å². The first kappa shape index (κ1) is 15.0. The molecule has 0 aliphatic heterocycles. The lowest BCUT2D eigenvalue weighted by Crippen LogP contribution is -2.37. The molecule has 0 heterocycles. The summed E-state index contributed by atoms with van der Waals surface area (Å²) in [5.74, 6) is 2.56. The normalized spacial score (nSPS) is 35.4. The summed E-state index contributed by atoms with van der Waals surface area (Å²) in [6.07, 6.45) is 12.9. The Kier molecular flexibility index (Phi) is 4.00. The molecule has 0 aromatic heterocycles. The molecule has 23 heavy (non-hydrogen) atoms. The number of rotatable bonds is 4. The Morgan fingerprint density at radius 3 is 2.52 bits per heavy atom. The molecule has 2 nitrogen and oxygen atoms in total. The molecule has 0 radical (unpaired) electrons. The van der Waals surface area contributed by atoms with E-state index in [-0.39, 0.29) is 11.4 Å². The number of carbonyl (C=O) groups is 1. The van der Waals surface area contributed by atoms with Gasteiger partial charge in [-0.25, -0.2) is 4.79 Å². The van der Waals surface area contributed by atoms with Gasteiger partial charge < -0.3 is 4.74 Å². The maximum atomic E-state index is 12.1. The minimum atomic E-state index is -0.193. The van der Waals surface area contributed by atoms with Crippen molar-refractivity contribution in [1.29, 1.82) is 0 Å². The van der Waals surface area contributed by atoms with Gasteiger partial charge in [-0.2, -0.15) is 0 Å². The first-order chi connectivity index (χ1) is 11.2. The third-order valence-electron chi connectivity index (χ3n) is 6.26. The molecule has 5 rings (SSSR count). The fraction of sp³-hybridized carbons (Fsp3) is 0.571. The van der Waals surface area contributed by atoms with Gasteiger partial charge in [0.15, 0.2) is 0 Å². The highest BCUT2D eigenvalue weighted by Gasteiger charge is 2.48. The zero-order valence-electron chi connectivity index (χ0n) is 13.7. The van der Waals surface area contributed by atoms with Crippen molar-refractivity contribution in [2.75, 3.05) is 6.61 Å². The first-order valence-electron chi connectivity index (χ1n) is 9.11. The average molecular weight is 310 g/mol. The van der Waals surface area contributed by atoms with Crippen molar-refractivity contribution in [2.24, 2.45) is 23.2 Å². The fourth-order valence-electron chi connectivity index (χ4n) is 5.49. The molecule has 4 fully saturated rings. The molecule has 0 saturated heterocycles. The SMILES string of the molecule is O=C(/C=C/c1ccccc1)OCC12CCC3C[C@H](C[C@@H](C3)C1)C2. The lowest BCUT2D eigenvalue weighted by molar-refractivity contribution is -0.143. The van der Waals surface area contributed by atoms with Crippen LogP contribution < -0.4 is 0 Å². The minimum Gasteiger partial charge on any atom is -0.462 e. The summed E-state index contributed by atoms with van der Waals surface area (Å²) in [6, 6.07) is 9.92. The van der Waals surface area contributed by atoms with Gasteiger partial charge in [-0.05, 0) is 74.3 Å². The van der Waals surface area contributed by atoms with Gasteiger partial charge in [-0.15, -0.1) is 0 Å². The van der Waals surface area contributed by atoms with Crippen molar-refractivity contribution < 1.29 is 9.53 Å². The van der Waals surface area contributed by atoms with Crippen molar-refractivity contribution in [1.82, 2.24) is 0 Å². The molecule has 4 bridgehead atoms. The molecule has 2 atom stereocenters. The van der Waals surface area contributed by atoms with Crippen LogP contribution in [-0.2, 0) is 9.53 Å². The second-order valence-corrected chi connectivity index (χ2v) is 8.10. The first-order valence-corrected chi connectivity index (χ1v) is 9.11. The number of carbonyl (C=O) groups excluding carboxylic acids is 1. The summed E-state index contributed by atoms with van der Waals surface area (Å²) < 4.78 is 5.68. The van der Waals surface area contributed by atoms with Crippen LogP contribution in [0.15, 0.2) is 36.4 Å². The lowest BCUT2D eigenvalue weighted by atomic mass is 9.62. The molecule has 4 aliphatic carbocycles. The summed E-state index contributed by atoms with van der Waals surface area (Å²) in [5, 5.41) is 0. The Labute approximate surface area is 138 Å². The number of esters is 1. The molecule has 0 spiro atoms. The highest BCUT2D eigenvalue weighted by molar-refractivity contribution is 5.87. The van der Waals surface area contributed by atoms with Crippen molar-refractivity contribution in [2.45, 2.75) is 44.9 Å². The van der Waals surface area contributed by atoms with E-state index < -0.39 is 0 Å². The van der Waals surface area contributed by atoms with Crippen LogP contribution in [0.1, 0.15) is 50.5 Å². The van der Waals surface area contributed by atoms with Crippen LogP contribution in [0, 0.1) is 23.2 Å². The number of fused-ring (bicyclic) bond motifs is 1. The van der Waals surface area contributed by atoms with Crippen molar-refractivity contribution in [3.8, 4) is 0 Å². The van der Waals surface area contributed by atoms with E-state index in [9.17, 15) is 4.79 Å². The summed E-state index contributed by atoms with van der Waals surface area (Å²) in [5.41, 5.74) is 1.32. The molecule has 0 unspecified atom stereocenters. The van der Waals surface area contributed by atoms with Crippen LogP contribution in [0.5, 0.6) is 0 Å². The maximum Gasteiger partial charge on any atom is 0.330 e. The Balaban J connectivity index is 1.37. The van der Waals surface area contributed by atoms with E-state index in [0.29, 0.717) is 6.61 Å². The Morgan fingerprint density at radius 1 is 1.09 bits per heavy atom. The molecule has 0 N–H and O–H groups in total. The van der Waals surface area contributed by atoms with E-state index >= 15 is 0 Å². The molecule has 122 valence electrons. The highest BCUT2D eigenvalue weighted by Crippen LogP contribution is 2.57. The summed E-state index contributed by atoms with van der Waals surface area (Å²) in [7, 11) is 0. The summed E-state index contributed by atoms with van der Waals surface area (Å²) >= 11 is 0. The number of hydrogen-bond acceptors (Lipinski definition) is 2. The monoisotopic (exact) mass is 310 g/mol. The molecule has 1 aromatic carbocycles. The predicted molar refractivity (Wildman–Crippen MR) is 91.7 cm³/mol. The second kappa shape index (κ2) is 6.14. The Morgan fingerprint density at radius 2 is 1.78 bits per heavy atom. The van der Waals surface area contributed by atoms with Gasteiger partial charge in [0.25, 0.3) is 0 Å². The maximum absolute atomic E-state index is 12.1. The minimum absolute atomic E-state index is 0.193. The van der Waals surface area contributed by atoms with Crippen molar-refractivity contribution >= 4 is 12.0 Å². The molecule has 4 aliphatic rings. The van der Waals surface area contributed by atoms with E-state index in [0.717, 1.165) is 23.3 Å². The molecule has 1 aromatic rings. The molecular weight excluding hydrogens is 284 g/mol. The van der Waals surface area contributed by atoms with Crippen molar-refractivity contribution in [3.63, 3.8) is 0 Å². The highest BCUT2D eigenvalue weighted by atomic mass is 16.5. The third kappa shape index (κ3) is 3.36. The van der Waals surface area contributed by atoms with Gasteiger partial charge in [0.05, 0.1) is 6.61 Å². The van der Waals surface area contributed by atoms with Crippen LogP contribution in [0.25, 0.3) is 6.08 Å². The topological polar surface area (TPSA) is 26.3 Å². The van der Waals surface area contributed by atoms with Gasteiger partial charge >= 0.3 is 5.97 Å². The summed E-state index contributed by atoms with van der Waals surface area (Å²) in [6.45, 7) is 0.630. The fourth-order valence-corrected chi connectivity index (χ4v) is 5.49. The second-order valence-electron chi connectivity index (χ2n) is 8.10. The average Bonchev–Trinajstić information content (AvgIpc) is 2.76. The van der Waals surface area contributed by atoms with E-state index in [1.807, 2.05) is 36.4 Å². The Hall–Kier alpha value is -1.57. The molecule has 0 amide bonds. The Bertz CT molecular complexity index is 575. The lowest BCUT2D eigenvalue weighted by Gasteiger charge is -2.44. The van der Waals surface area contributed by atoms with Crippen molar-refractivity contribution in [3.05, 3.63) is 42.0 Å². The van der Waals surface area contributed by atoms with E-state index in [1.54, 1.807) is 6.08 Å². The van der Waals surface area contributed by atoms with Gasteiger partial charge in [0, 0.05) is 11.5 Å². The van der Waals surface area contributed by atoms with Crippen LogP contribution in [0.3, 0.4) is 0 Å². The van der Waals surface area contributed by atoms with E-state index in [4.69, 9.17) is 4.74 Å². The van der Waals surface area contributed by atoms with E-state index in [1.165, 1.54) is 44.9 Å². The van der Waals surface area contributed by atoms with Crippen LogP contribution >= 0.6 is 0 Å². The van der Waals surface area contributed by atoms with Gasteiger partial charge in [0.2, 0.25) is 0 Å². The molecular formula is C21H26O2. The van der Waals surface area contributed by atoms with Gasteiger partial charge in [-0.1, -0.05) is 30.3 Å². The van der Waals surface area contributed by atoms with Crippen LogP contribution in [0.2, 0.25) is 0 Å². The smallest absolute Gasteiger partial charge is 0.330 e. The third-order valence-corrected chi connectivity index (χ3v) is 6.26. The van der Waals surface area contributed by atoms with Crippen LogP contribution in [0.4, 0.5) is 0 Å². The molecule has 4 saturated carbocycles. The zero-order chi connectivity index (χ0) is 15.7. The zero-order valence-corrected chi connectivity index (χ0v) is 13.7.